The van der Waals surface area contributed by atoms with E-state index in [4.69, 9.17) is 0 Å². The standard InChI is InChI=1S/C27H31N3O4S/c1-3-35(33,34)23-11-9-20(10-12-23)24(13-14-31)29-27(32)21-16-22-18-30(2)25(26(22)28-17-21)15-19-7-5-4-6-8-19/h4-12,16-17,24-25,31H,3,13-15,18H2,1-2H3,(H,29,32)/t24-,25+/m0/s1. The van der Waals surface area contributed by atoms with Gasteiger partial charge in [0.2, 0.25) is 0 Å². The van der Waals surface area contributed by atoms with Crippen LogP contribution < -0.4 is 5.32 Å². The molecule has 1 aliphatic rings. The molecule has 1 aliphatic heterocycles. The van der Waals surface area contributed by atoms with Gasteiger partial charge in [-0.25, -0.2) is 8.42 Å². The average molecular weight is 494 g/mol. The van der Waals surface area contributed by atoms with Crippen LogP contribution in [-0.2, 0) is 22.8 Å². The highest BCUT2D eigenvalue weighted by molar-refractivity contribution is 7.91. The minimum Gasteiger partial charge on any atom is -0.396 e. The molecule has 0 aliphatic carbocycles. The van der Waals surface area contributed by atoms with Crippen LogP contribution in [0.2, 0.25) is 0 Å². The molecule has 184 valence electrons. The van der Waals surface area contributed by atoms with Crippen LogP contribution in [0.5, 0.6) is 0 Å². The fraction of sp³-hybridized carbons (Fsp3) is 0.333. The lowest BCUT2D eigenvalue weighted by molar-refractivity contribution is 0.0929. The Morgan fingerprint density at radius 2 is 1.89 bits per heavy atom. The van der Waals surface area contributed by atoms with Crippen LogP contribution in [0.15, 0.2) is 71.8 Å². The Kier molecular flexibility index (Phi) is 7.64. The van der Waals surface area contributed by atoms with Crippen molar-refractivity contribution in [1.29, 1.82) is 0 Å². The van der Waals surface area contributed by atoms with Gasteiger partial charge in [0.25, 0.3) is 5.91 Å². The molecule has 0 radical (unpaired) electrons. The molecule has 2 heterocycles. The monoisotopic (exact) mass is 493 g/mol. The highest BCUT2D eigenvalue weighted by Crippen LogP contribution is 2.33. The Morgan fingerprint density at radius 3 is 2.54 bits per heavy atom. The molecule has 3 aromatic rings. The fourth-order valence-corrected chi connectivity index (χ4v) is 5.40. The number of rotatable bonds is 9. The predicted molar refractivity (Wildman–Crippen MR) is 135 cm³/mol. The van der Waals surface area contributed by atoms with E-state index in [1.807, 2.05) is 24.3 Å². The number of benzene rings is 2. The van der Waals surface area contributed by atoms with E-state index in [9.17, 15) is 18.3 Å². The summed E-state index contributed by atoms with van der Waals surface area (Å²) in [7, 11) is -1.24. The summed E-state index contributed by atoms with van der Waals surface area (Å²) in [6.07, 6.45) is 2.77. The maximum absolute atomic E-state index is 13.1. The third kappa shape index (κ3) is 5.61. The Hall–Kier alpha value is -3.07. The van der Waals surface area contributed by atoms with Crippen LogP contribution in [0.25, 0.3) is 0 Å². The zero-order valence-corrected chi connectivity index (χ0v) is 20.8. The minimum atomic E-state index is -3.30. The number of nitrogens with one attached hydrogen (secondary N) is 1. The first-order valence-corrected chi connectivity index (χ1v) is 13.4. The van der Waals surface area contributed by atoms with Crippen molar-refractivity contribution in [2.75, 3.05) is 19.4 Å². The summed E-state index contributed by atoms with van der Waals surface area (Å²) >= 11 is 0. The number of pyridine rings is 1. The number of carbonyl (C=O) groups is 1. The fourth-order valence-electron chi connectivity index (χ4n) is 4.52. The van der Waals surface area contributed by atoms with E-state index >= 15 is 0 Å². The van der Waals surface area contributed by atoms with E-state index in [1.165, 1.54) is 5.56 Å². The summed E-state index contributed by atoms with van der Waals surface area (Å²) in [6.45, 7) is 2.20. The molecular weight excluding hydrogens is 462 g/mol. The zero-order chi connectivity index (χ0) is 25.0. The molecule has 1 amide bonds. The number of nitrogens with zero attached hydrogens (tertiary/aromatic N) is 2. The quantitative estimate of drug-likeness (QED) is 0.474. The second kappa shape index (κ2) is 10.7. The lowest BCUT2D eigenvalue weighted by Crippen LogP contribution is -2.29. The largest absolute Gasteiger partial charge is 0.396 e. The number of aliphatic hydroxyl groups excluding tert-OH is 1. The highest BCUT2D eigenvalue weighted by Gasteiger charge is 2.30. The molecule has 0 bridgehead atoms. The van der Waals surface area contributed by atoms with Gasteiger partial charge in [-0.05, 0) is 54.8 Å². The Labute approximate surface area is 206 Å². The van der Waals surface area contributed by atoms with Gasteiger partial charge in [-0.2, -0.15) is 0 Å². The maximum Gasteiger partial charge on any atom is 0.253 e. The molecule has 0 fully saturated rings. The first-order valence-electron chi connectivity index (χ1n) is 11.8. The smallest absolute Gasteiger partial charge is 0.253 e. The molecule has 7 nitrogen and oxygen atoms in total. The van der Waals surface area contributed by atoms with Crippen molar-refractivity contribution >= 4 is 15.7 Å². The maximum atomic E-state index is 13.1. The first-order chi connectivity index (χ1) is 16.8. The van der Waals surface area contributed by atoms with Gasteiger partial charge in [-0.3, -0.25) is 14.7 Å². The zero-order valence-electron chi connectivity index (χ0n) is 20.0. The molecule has 2 atom stereocenters. The van der Waals surface area contributed by atoms with Crippen molar-refractivity contribution in [3.63, 3.8) is 0 Å². The summed E-state index contributed by atoms with van der Waals surface area (Å²) in [5.74, 6) is -0.256. The van der Waals surface area contributed by atoms with Gasteiger partial charge in [0, 0.05) is 19.3 Å². The van der Waals surface area contributed by atoms with Gasteiger partial charge in [0.05, 0.1) is 34.0 Å². The normalized spacial score (nSPS) is 16.6. The number of sulfone groups is 1. The van der Waals surface area contributed by atoms with Gasteiger partial charge in [-0.15, -0.1) is 0 Å². The molecule has 0 saturated carbocycles. The average Bonchev–Trinajstić information content (AvgIpc) is 3.18. The number of amides is 1. The van der Waals surface area contributed by atoms with Crippen molar-refractivity contribution in [3.8, 4) is 0 Å². The topological polar surface area (TPSA) is 99.6 Å². The highest BCUT2D eigenvalue weighted by atomic mass is 32.2. The molecule has 0 saturated heterocycles. The number of aliphatic hydroxyl groups is 1. The van der Waals surface area contributed by atoms with Gasteiger partial charge >= 0.3 is 0 Å². The summed E-state index contributed by atoms with van der Waals surface area (Å²) in [4.78, 5) is 20.2. The van der Waals surface area contributed by atoms with Crippen LogP contribution in [-0.4, -0.2) is 48.7 Å². The van der Waals surface area contributed by atoms with Gasteiger partial charge < -0.3 is 10.4 Å². The number of aromatic nitrogens is 1. The molecule has 35 heavy (non-hydrogen) atoms. The van der Waals surface area contributed by atoms with E-state index in [0.29, 0.717) is 18.5 Å². The van der Waals surface area contributed by atoms with Crippen LogP contribution in [0, 0.1) is 0 Å². The lowest BCUT2D eigenvalue weighted by Gasteiger charge is -2.20. The van der Waals surface area contributed by atoms with E-state index in [-0.39, 0.29) is 29.2 Å². The van der Waals surface area contributed by atoms with Crippen molar-refractivity contribution in [2.24, 2.45) is 0 Å². The lowest BCUT2D eigenvalue weighted by atomic mass is 10.0. The SMILES string of the molecule is CCS(=O)(=O)c1ccc([C@H](CCO)NC(=O)c2cnc3c(c2)CN(C)[C@@H]3Cc2ccccc2)cc1. The van der Waals surface area contributed by atoms with E-state index in [0.717, 1.165) is 23.2 Å². The first kappa shape index (κ1) is 25.0. The molecule has 8 heteroatoms. The molecule has 1 aromatic heterocycles. The van der Waals surface area contributed by atoms with Crippen molar-refractivity contribution < 1.29 is 18.3 Å². The van der Waals surface area contributed by atoms with Crippen LogP contribution in [0.3, 0.4) is 0 Å². The number of hydrogen-bond donors (Lipinski definition) is 2. The Morgan fingerprint density at radius 1 is 1.17 bits per heavy atom. The third-order valence-corrected chi connectivity index (χ3v) is 8.30. The molecular formula is C27H31N3O4S. The Bertz CT molecular complexity index is 1280. The summed E-state index contributed by atoms with van der Waals surface area (Å²) in [5.41, 5.74) is 4.47. The number of fused-ring (bicyclic) bond motifs is 1. The minimum absolute atomic E-state index is 0.0237. The molecule has 4 rings (SSSR count). The summed E-state index contributed by atoms with van der Waals surface area (Å²) in [5, 5.41) is 12.5. The van der Waals surface area contributed by atoms with Crippen molar-refractivity contribution in [1.82, 2.24) is 15.2 Å². The molecule has 0 spiro atoms. The van der Waals surface area contributed by atoms with E-state index in [1.54, 1.807) is 37.4 Å². The second-order valence-corrected chi connectivity index (χ2v) is 11.2. The van der Waals surface area contributed by atoms with Crippen LogP contribution in [0.4, 0.5) is 0 Å². The molecule has 2 aromatic carbocycles. The van der Waals surface area contributed by atoms with Crippen LogP contribution >= 0.6 is 0 Å². The van der Waals surface area contributed by atoms with Gasteiger partial charge in [-0.1, -0.05) is 49.4 Å². The van der Waals surface area contributed by atoms with Crippen LogP contribution in [0.1, 0.15) is 58.2 Å². The van der Waals surface area contributed by atoms with Gasteiger partial charge in [0.15, 0.2) is 9.84 Å². The summed E-state index contributed by atoms with van der Waals surface area (Å²) in [6, 6.07) is 18.4. The van der Waals surface area contributed by atoms with Crippen molar-refractivity contribution in [2.45, 2.75) is 43.3 Å². The Balaban J connectivity index is 1.50. The number of carbonyl (C=O) groups excluding carboxylic acids is 1. The number of likely N-dealkylation sites (N-methyl/N-ethyl adjacent to an activating group) is 1. The van der Waals surface area contributed by atoms with E-state index in [2.05, 4.69) is 34.4 Å². The second-order valence-electron chi connectivity index (χ2n) is 8.90. The predicted octanol–water partition coefficient (Wildman–Crippen LogP) is 3.46. The van der Waals surface area contributed by atoms with Crippen molar-refractivity contribution in [3.05, 3.63) is 94.8 Å². The number of hydrogen-bond acceptors (Lipinski definition) is 6. The third-order valence-electron chi connectivity index (χ3n) is 6.55. The molecule has 2 N–H and O–H groups in total. The van der Waals surface area contributed by atoms with Gasteiger partial charge in [0.1, 0.15) is 0 Å². The molecule has 0 unspecified atom stereocenters. The van der Waals surface area contributed by atoms with E-state index < -0.39 is 15.9 Å². The summed E-state index contributed by atoms with van der Waals surface area (Å²) < 4.78 is 24.2.